The predicted molar refractivity (Wildman–Crippen MR) is 58.1 cm³/mol. The van der Waals surface area contributed by atoms with Crippen LogP contribution in [0.1, 0.15) is 16.9 Å². The molecular weight excluding hydrogens is 226 g/mol. The second kappa shape index (κ2) is 5.15. The highest BCUT2D eigenvalue weighted by Crippen LogP contribution is 2.01. The number of carboxylic acids is 1. The van der Waals surface area contributed by atoms with Gasteiger partial charge in [-0.25, -0.2) is 4.79 Å². The lowest BCUT2D eigenvalue weighted by Crippen LogP contribution is -2.43. The topological polar surface area (TPSA) is 114 Å². The fraction of sp³-hybridized carbons (Fsp3) is 0.300. The van der Waals surface area contributed by atoms with Gasteiger partial charge >= 0.3 is 5.97 Å². The first-order valence-corrected chi connectivity index (χ1v) is 4.85. The van der Waals surface area contributed by atoms with Crippen LogP contribution < -0.4 is 11.1 Å². The van der Waals surface area contributed by atoms with Crippen LogP contribution in [0.5, 0.6) is 0 Å². The van der Waals surface area contributed by atoms with Crippen molar-refractivity contribution in [3.63, 3.8) is 0 Å². The van der Waals surface area contributed by atoms with Crippen LogP contribution in [0.2, 0.25) is 0 Å². The van der Waals surface area contributed by atoms with E-state index >= 15 is 0 Å². The van der Waals surface area contributed by atoms with E-state index in [9.17, 15) is 14.4 Å². The number of carboxylic acid groups (broad SMARTS) is 1. The lowest BCUT2D eigenvalue weighted by atomic mass is 10.2. The number of aryl methyl sites for hydroxylation is 1. The summed E-state index contributed by atoms with van der Waals surface area (Å²) in [6, 6.07) is 1.88. The molecule has 1 unspecified atom stereocenters. The molecule has 0 saturated carbocycles. The summed E-state index contributed by atoms with van der Waals surface area (Å²) in [5.74, 6) is -2.65. The Morgan fingerprint density at radius 2 is 2.18 bits per heavy atom. The molecule has 0 bridgehead atoms. The SMILES string of the molecule is Cn1cccc1C(=O)NC(CC(N)=O)C(=O)O. The minimum atomic E-state index is -1.31. The third kappa shape index (κ3) is 3.33. The molecule has 0 spiro atoms. The maximum Gasteiger partial charge on any atom is 0.326 e. The minimum Gasteiger partial charge on any atom is -0.480 e. The van der Waals surface area contributed by atoms with E-state index in [4.69, 9.17) is 10.8 Å². The molecule has 1 aromatic heterocycles. The van der Waals surface area contributed by atoms with E-state index in [1.54, 1.807) is 29.9 Å². The summed E-state index contributed by atoms with van der Waals surface area (Å²) in [5.41, 5.74) is 5.20. The molecule has 0 aliphatic rings. The first kappa shape index (κ1) is 12.8. The molecule has 7 nitrogen and oxygen atoms in total. The van der Waals surface area contributed by atoms with Gasteiger partial charge in [0, 0.05) is 13.2 Å². The monoisotopic (exact) mass is 239 g/mol. The Morgan fingerprint density at radius 1 is 1.53 bits per heavy atom. The first-order valence-electron chi connectivity index (χ1n) is 4.85. The van der Waals surface area contributed by atoms with Crippen molar-refractivity contribution >= 4 is 17.8 Å². The number of hydrogen-bond donors (Lipinski definition) is 3. The zero-order valence-electron chi connectivity index (χ0n) is 9.21. The average molecular weight is 239 g/mol. The van der Waals surface area contributed by atoms with E-state index in [0.717, 1.165) is 0 Å². The number of carbonyl (C=O) groups is 3. The van der Waals surface area contributed by atoms with Crippen molar-refractivity contribution in [1.29, 1.82) is 0 Å². The summed E-state index contributed by atoms with van der Waals surface area (Å²) in [7, 11) is 1.65. The Labute approximate surface area is 97.2 Å². The first-order chi connectivity index (χ1) is 7.91. The lowest BCUT2D eigenvalue weighted by Gasteiger charge is -2.12. The van der Waals surface area contributed by atoms with Crippen LogP contribution in [0.15, 0.2) is 18.3 Å². The Bertz CT molecular complexity index is 452. The largest absolute Gasteiger partial charge is 0.480 e. The summed E-state index contributed by atoms with van der Waals surface area (Å²) in [6.07, 6.45) is 1.21. The van der Waals surface area contributed by atoms with Gasteiger partial charge in [-0.15, -0.1) is 0 Å². The number of nitrogens with zero attached hydrogens (tertiary/aromatic N) is 1. The summed E-state index contributed by atoms with van der Waals surface area (Å²) in [4.78, 5) is 33.1. The van der Waals surface area contributed by atoms with Crippen LogP contribution >= 0.6 is 0 Å². The molecule has 7 heteroatoms. The van der Waals surface area contributed by atoms with E-state index in [-0.39, 0.29) is 0 Å². The summed E-state index contributed by atoms with van der Waals surface area (Å²) in [5, 5.41) is 11.0. The van der Waals surface area contributed by atoms with Crippen molar-refractivity contribution < 1.29 is 19.5 Å². The Kier molecular flexibility index (Phi) is 3.86. The highest BCUT2D eigenvalue weighted by atomic mass is 16.4. The molecule has 1 aromatic rings. The summed E-state index contributed by atoms with van der Waals surface area (Å²) in [6.45, 7) is 0. The number of hydrogen-bond acceptors (Lipinski definition) is 3. The van der Waals surface area contributed by atoms with Gasteiger partial charge in [-0.05, 0) is 12.1 Å². The smallest absolute Gasteiger partial charge is 0.326 e. The quantitative estimate of drug-likeness (QED) is 0.616. The zero-order valence-corrected chi connectivity index (χ0v) is 9.21. The molecule has 0 aliphatic heterocycles. The number of carbonyl (C=O) groups excluding carboxylic acids is 2. The van der Waals surface area contributed by atoms with Gasteiger partial charge in [0.2, 0.25) is 5.91 Å². The number of rotatable bonds is 5. The van der Waals surface area contributed by atoms with Gasteiger partial charge < -0.3 is 20.7 Å². The maximum atomic E-state index is 11.7. The number of aliphatic carboxylic acids is 1. The van der Waals surface area contributed by atoms with E-state index in [0.29, 0.717) is 5.69 Å². The molecule has 0 aliphatic carbocycles. The molecule has 1 rings (SSSR count). The average Bonchev–Trinajstić information content (AvgIpc) is 2.62. The number of nitrogens with one attached hydrogen (secondary N) is 1. The third-order valence-electron chi connectivity index (χ3n) is 2.19. The van der Waals surface area contributed by atoms with Crippen LogP contribution in [0, 0.1) is 0 Å². The maximum absolute atomic E-state index is 11.7. The van der Waals surface area contributed by atoms with Crippen molar-refractivity contribution in [3.05, 3.63) is 24.0 Å². The predicted octanol–water partition coefficient (Wildman–Crippen LogP) is -0.916. The molecule has 0 fully saturated rings. The number of primary amides is 1. The van der Waals surface area contributed by atoms with Crippen molar-refractivity contribution in [2.75, 3.05) is 0 Å². The van der Waals surface area contributed by atoms with Gasteiger partial charge in [0.1, 0.15) is 11.7 Å². The van der Waals surface area contributed by atoms with Crippen LogP contribution in [-0.4, -0.2) is 33.5 Å². The highest BCUT2D eigenvalue weighted by molar-refractivity contribution is 5.96. The van der Waals surface area contributed by atoms with E-state index in [2.05, 4.69) is 5.32 Å². The van der Waals surface area contributed by atoms with Crippen molar-refractivity contribution in [1.82, 2.24) is 9.88 Å². The Morgan fingerprint density at radius 3 is 2.59 bits per heavy atom. The minimum absolute atomic E-state index is 0.306. The molecule has 0 radical (unpaired) electrons. The number of amides is 2. The van der Waals surface area contributed by atoms with Crippen LogP contribution in [-0.2, 0) is 16.6 Å². The van der Waals surface area contributed by atoms with Crippen LogP contribution in [0.25, 0.3) is 0 Å². The molecule has 92 valence electrons. The Hall–Kier alpha value is -2.31. The van der Waals surface area contributed by atoms with E-state index in [1.807, 2.05) is 0 Å². The van der Waals surface area contributed by atoms with Gasteiger partial charge in [-0.1, -0.05) is 0 Å². The molecule has 1 atom stereocenters. The van der Waals surface area contributed by atoms with Crippen molar-refractivity contribution in [2.45, 2.75) is 12.5 Å². The van der Waals surface area contributed by atoms with Gasteiger partial charge in [0.15, 0.2) is 0 Å². The molecule has 0 saturated heterocycles. The van der Waals surface area contributed by atoms with Crippen LogP contribution in [0.4, 0.5) is 0 Å². The number of nitrogens with two attached hydrogens (primary N) is 1. The number of aromatic nitrogens is 1. The second-order valence-electron chi connectivity index (χ2n) is 3.54. The fourth-order valence-electron chi connectivity index (χ4n) is 1.33. The molecule has 1 heterocycles. The second-order valence-corrected chi connectivity index (χ2v) is 3.54. The molecule has 0 aromatic carbocycles. The van der Waals surface area contributed by atoms with Crippen LogP contribution in [0.3, 0.4) is 0 Å². The molecular formula is C10H13N3O4. The van der Waals surface area contributed by atoms with E-state index in [1.165, 1.54) is 0 Å². The van der Waals surface area contributed by atoms with Gasteiger partial charge in [0.25, 0.3) is 5.91 Å². The molecule has 2 amide bonds. The molecule has 4 N–H and O–H groups in total. The normalized spacial score (nSPS) is 11.8. The highest BCUT2D eigenvalue weighted by Gasteiger charge is 2.23. The standard InChI is InChI=1S/C10H13N3O4/c1-13-4-2-3-7(13)9(15)12-6(10(16)17)5-8(11)14/h2-4,6H,5H2,1H3,(H2,11,14)(H,12,15)(H,16,17). The fourth-order valence-corrected chi connectivity index (χ4v) is 1.33. The summed E-state index contributed by atoms with van der Waals surface area (Å²) >= 11 is 0. The third-order valence-corrected chi connectivity index (χ3v) is 2.19. The van der Waals surface area contributed by atoms with Gasteiger partial charge in [-0.2, -0.15) is 0 Å². The lowest BCUT2D eigenvalue weighted by molar-refractivity contribution is -0.140. The zero-order chi connectivity index (χ0) is 13.0. The van der Waals surface area contributed by atoms with Gasteiger partial charge in [0.05, 0.1) is 6.42 Å². The van der Waals surface area contributed by atoms with Crippen molar-refractivity contribution in [2.24, 2.45) is 12.8 Å². The Balaban J connectivity index is 2.74. The van der Waals surface area contributed by atoms with E-state index < -0.39 is 30.2 Å². The van der Waals surface area contributed by atoms with Crippen molar-refractivity contribution in [3.8, 4) is 0 Å². The molecule has 17 heavy (non-hydrogen) atoms. The summed E-state index contributed by atoms with van der Waals surface area (Å²) < 4.78 is 1.54. The van der Waals surface area contributed by atoms with Gasteiger partial charge in [-0.3, -0.25) is 9.59 Å².